The molecule has 76 valence electrons. The van der Waals surface area contributed by atoms with Gasteiger partial charge in [-0.25, -0.2) is 4.98 Å². The molecular formula is C11H11N3O. The van der Waals surface area contributed by atoms with E-state index in [0.717, 1.165) is 0 Å². The molecule has 4 nitrogen and oxygen atoms in total. The molecule has 3 N–H and O–H groups in total. The van der Waals surface area contributed by atoms with Crippen LogP contribution in [0.15, 0.2) is 36.7 Å². The fraction of sp³-hybridized carbons (Fsp3) is 0.0909. The predicted molar refractivity (Wildman–Crippen MR) is 57.5 cm³/mol. The SMILES string of the molecule is Nc1cccc(C(=O)Cc2ncc[nH]2)c1. The summed E-state index contributed by atoms with van der Waals surface area (Å²) in [5.74, 6) is 0.680. The number of nitrogens with two attached hydrogens (primary N) is 1. The Bertz CT molecular complexity index is 462. The molecule has 0 aliphatic rings. The molecule has 2 aromatic rings. The summed E-state index contributed by atoms with van der Waals surface area (Å²) in [7, 11) is 0. The molecule has 15 heavy (non-hydrogen) atoms. The number of hydrogen-bond donors (Lipinski definition) is 2. The Morgan fingerprint density at radius 3 is 3.00 bits per heavy atom. The van der Waals surface area contributed by atoms with Crippen LogP contribution in [0.1, 0.15) is 16.2 Å². The standard InChI is InChI=1S/C11H11N3O/c12-9-3-1-2-8(6-9)10(15)7-11-13-4-5-14-11/h1-6H,7,12H2,(H,13,14). The van der Waals surface area contributed by atoms with Crippen molar-refractivity contribution in [2.24, 2.45) is 0 Å². The van der Waals surface area contributed by atoms with Crippen LogP contribution in [0.5, 0.6) is 0 Å². The van der Waals surface area contributed by atoms with Crippen LogP contribution < -0.4 is 5.73 Å². The van der Waals surface area contributed by atoms with E-state index in [9.17, 15) is 4.79 Å². The van der Waals surface area contributed by atoms with Gasteiger partial charge in [-0.2, -0.15) is 0 Å². The van der Waals surface area contributed by atoms with Gasteiger partial charge >= 0.3 is 0 Å². The number of carbonyl (C=O) groups is 1. The quantitative estimate of drug-likeness (QED) is 0.582. The number of aromatic nitrogens is 2. The van der Waals surface area contributed by atoms with Crippen LogP contribution in [0.2, 0.25) is 0 Å². The van der Waals surface area contributed by atoms with E-state index in [-0.39, 0.29) is 12.2 Å². The van der Waals surface area contributed by atoms with Gasteiger partial charge in [0.25, 0.3) is 0 Å². The predicted octanol–water partition coefficient (Wildman–Crippen LogP) is 1.42. The zero-order valence-corrected chi connectivity index (χ0v) is 8.10. The summed E-state index contributed by atoms with van der Waals surface area (Å²) < 4.78 is 0. The van der Waals surface area contributed by atoms with E-state index >= 15 is 0 Å². The molecule has 0 bridgehead atoms. The third-order valence-corrected chi connectivity index (χ3v) is 2.09. The van der Waals surface area contributed by atoms with Crippen molar-refractivity contribution >= 4 is 11.5 Å². The zero-order chi connectivity index (χ0) is 10.7. The third-order valence-electron chi connectivity index (χ3n) is 2.09. The maximum atomic E-state index is 11.7. The number of imidazole rings is 1. The van der Waals surface area contributed by atoms with Crippen LogP contribution in [-0.2, 0) is 6.42 Å². The highest BCUT2D eigenvalue weighted by Gasteiger charge is 2.08. The Morgan fingerprint density at radius 1 is 1.47 bits per heavy atom. The van der Waals surface area contributed by atoms with E-state index in [4.69, 9.17) is 5.73 Å². The molecule has 0 atom stereocenters. The molecule has 4 heteroatoms. The fourth-order valence-electron chi connectivity index (χ4n) is 1.36. The van der Waals surface area contributed by atoms with Crippen molar-refractivity contribution in [3.8, 4) is 0 Å². The van der Waals surface area contributed by atoms with Crippen molar-refractivity contribution in [2.45, 2.75) is 6.42 Å². The molecule has 0 aliphatic carbocycles. The van der Waals surface area contributed by atoms with Gasteiger partial charge in [0.05, 0.1) is 6.42 Å². The molecular weight excluding hydrogens is 190 g/mol. The van der Waals surface area contributed by atoms with Crippen molar-refractivity contribution in [3.05, 3.63) is 48.0 Å². The van der Waals surface area contributed by atoms with Gasteiger partial charge in [0.1, 0.15) is 5.82 Å². The van der Waals surface area contributed by atoms with Gasteiger partial charge in [-0.3, -0.25) is 4.79 Å². The second kappa shape index (κ2) is 3.96. The van der Waals surface area contributed by atoms with E-state index in [1.807, 2.05) is 0 Å². The number of benzene rings is 1. The van der Waals surface area contributed by atoms with E-state index in [2.05, 4.69) is 9.97 Å². The Hall–Kier alpha value is -2.10. The first kappa shape index (κ1) is 9.45. The number of Topliss-reactive ketones (excluding diaryl/α,β-unsaturated/α-hetero) is 1. The first-order valence-electron chi connectivity index (χ1n) is 4.63. The molecule has 1 aromatic heterocycles. The zero-order valence-electron chi connectivity index (χ0n) is 8.10. The molecule has 1 heterocycles. The number of nitrogens with zero attached hydrogens (tertiary/aromatic N) is 1. The minimum Gasteiger partial charge on any atom is -0.399 e. The van der Waals surface area contributed by atoms with Crippen LogP contribution in [0, 0.1) is 0 Å². The van der Waals surface area contributed by atoms with Gasteiger partial charge in [0.2, 0.25) is 0 Å². The molecule has 0 saturated heterocycles. The summed E-state index contributed by atoms with van der Waals surface area (Å²) in [5, 5.41) is 0. The topological polar surface area (TPSA) is 71.8 Å². The molecule has 0 aliphatic heterocycles. The van der Waals surface area contributed by atoms with Crippen molar-refractivity contribution < 1.29 is 4.79 Å². The number of rotatable bonds is 3. The Kier molecular flexibility index (Phi) is 2.49. The normalized spacial score (nSPS) is 10.1. The Labute approximate surface area is 87.1 Å². The van der Waals surface area contributed by atoms with E-state index in [1.165, 1.54) is 0 Å². The highest BCUT2D eigenvalue weighted by atomic mass is 16.1. The second-order valence-electron chi connectivity index (χ2n) is 3.26. The minimum absolute atomic E-state index is 0.0113. The summed E-state index contributed by atoms with van der Waals surface area (Å²) in [6.45, 7) is 0. The van der Waals surface area contributed by atoms with E-state index < -0.39 is 0 Å². The van der Waals surface area contributed by atoms with Crippen LogP contribution in [0.25, 0.3) is 0 Å². The van der Waals surface area contributed by atoms with Crippen LogP contribution >= 0.6 is 0 Å². The molecule has 0 fully saturated rings. The number of H-pyrrole nitrogens is 1. The lowest BCUT2D eigenvalue weighted by Crippen LogP contribution is -2.05. The molecule has 2 rings (SSSR count). The Morgan fingerprint density at radius 2 is 2.33 bits per heavy atom. The number of hydrogen-bond acceptors (Lipinski definition) is 3. The summed E-state index contributed by atoms with van der Waals surface area (Å²) >= 11 is 0. The number of ketones is 1. The first-order chi connectivity index (χ1) is 7.25. The summed E-state index contributed by atoms with van der Waals surface area (Å²) in [5.41, 5.74) is 6.81. The lowest BCUT2D eigenvalue weighted by Gasteiger charge is -1.99. The first-order valence-corrected chi connectivity index (χ1v) is 4.63. The minimum atomic E-state index is 0.0113. The van der Waals surface area contributed by atoms with Crippen molar-refractivity contribution in [3.63, 3.8) is 0 Å². The lowest BCUT2D eigenvalue weighted by molar-refractivity contribution is 0.0991. The van der Waals surface area contributed by atoms with Crippen LogP contribution in [0.3, 0.4) is 0 Å². The van der Waals surface area contributed by atoms with Gasteiger partial charge in [0.15, 0.2) is 5.78 Å². The third kappa shape index (κ3) is 2.22. The summed E-state index contributed by atoms with van der Waals surface area (Å²) in [4.78, 5) is 18.6. The van der Waals surface area contributed by atoms with E-state index in [1.54, 1.807) is 36.7 Å². The molecule has 0 spiro atoms. The maximum Gasteiger partial charge on any atom is 0.170 e. The number of carbonyl (C=O) groups excluding carboxylic acids is 1. The van der Waals surface area contributed by atoms with Gasteiger partial charge in [0, 0.05) is 23.6 Å². The van der Waals surface area contributed by atoms with Crippen LogP contribution in [-0.4, -0.2) is 15.8 Å². The number of anilines is 1. The van der Waals surface area contributed by atoms with E-state index in [0.29, 0.717) is 17.1 Å². The van der Waals surface area contributed by atoms with Crippen molar-refractivity contribution in [2.75, 3.05) is 5.73 Å². The van der Waals surface area contributed by atoms with Gasteiger partial charge in [-0.1, -0.05) is 12.1 Å². The second-order valence-corrected chi connectivity index (χ2v) is 3.26. The fourth-order valence-corrected chi connectivity index (χ4v) is 1.36. The number of nitrogen functional groups attached to an aromatic ring is 1. The van der Waals surface area contributed by atoms with Crippen molar-refractivity contribution in [1.29, 1.82) is 0 Å². The molecule has 0 unspecified atom stereocenters. The average Bonchev–Trinajstić information content (AvgIpc) is 2.70. The smallest absolute Gasteiger partial charge is 0.170 e. The average molecular weight is 201 g/mol. The van der Waals surface area contributed by atoms with Gasteiger partial charge in [-0.05, 0) is 12.1 Å². The Balaban J connectivity index is 2.15. The van der Waals surface area contributed by atoms with Crippen molar-refractivity contribution in [1.82, 2.24) is 9.97 Å². The monoisotopic (exact) mass is 201 g/mol. The number of nitrogens with one attached hydrogen (secondary N) is 1. The molecule has 0 saturated carbocycles. The highest BCUT2D eigenvalue weighted by Crippen LogP contribution is 2.09. The maximum absolute atomic E-state index is 11.7. The molecule has 0 amide bonds. The molecule has 0 radical (unpaired) electrons. The largest absolute Gasteiger partial charge is 0.399 e. The molecule has 1 aromatic carbocycles. The van der Waals surface area contributed by atoms with Crippen LogP contribution in [0.4, 0.5) is 5.69 Å². The summed E-state index contributed by atoms with van der Waals surface area (Å²) in [6, 6.07) is 6.95. The lowest BCUT2D eigenvalue weighted by atomic mass is 10.1. The highest BCUT2D eigenvalue weighted by molar-refractivity contribution is 5.97. The van der Waals surface area contributed by atoms with Gasteiger partial charge < -0.3 is 10.7 Å². The van der Waals surface area contributed by atoms with Gasteiger partial charge in [-0.15, -0.1) is 0 Å². The summed E-state index contributed by atoms with van der Waals surface area (Å²) in [6.07, 6.45) is 3.60. The number of aromatic amines is 1.